The van der Waals surface area contributed by atoms with Crippen molar-refractivity contribution in [3.8, 4) is 0 Å². The van der Waals surface area contributed by atoms with Gasteiger partial charge in [0.15, 0.2) is 0 Å². The Morgan fingerprint density at radius 2 is 0.929 bits per heavy atom. The van der Waals surface area contributed by atoms with E-state index >= 15 is 0 Å². The third kappa shape index (κ3) is 6.63. The Balaban J connectivity index is 3.39. The second kappa shape index (κ2) is 8.36. The molecule has 0 aromatic heterocycles. The van der Waals surface area contributed by atoms with Gasteiger partial charge in [-0.05, 0) is 53.7 Å². The Labute approximate surface area is 160 Å². The van der Waals surface area contributed by atoms with Crippen molar-refractivity contribution in [2.45, 2.75) is 52.7 Å². The maximum absolute atomic E-state index is 12.2. The minimum Gasteiger partial charge on any atom is -0.478 e. The molecule has 0 saturated carbocycles. The van der Waals surface area contributed by atoms with Crippen LogP contribution in [0.1, 0.15) is 83.0 Å². The first kappa shape index (κ1) is 23.1. The van der Waals surface area contributed by atoms with Gasteiger partial charge in [-0.1, -0.05) is 0 Å². The van der Waals surface area contributed by atoms with Gasteiger partial charge >= 0.3 is 23.9 Å². The van der Waals surface area contributed by atoms with Gasteiger partial charge in [-0.3, -0.25) is 9.78 Å². The van der Waals surface area contributed by atoms with Crippen LogP contribution in [0.2, 0.25) is 0 Å². The smallest absolute Gasteiger partial charge is 0.374 e. The Hall–Kier alpha value is -2.98. The molecule has 0 aliphatic rings. The van der Waals surface area contributed by atoms with Crippen LogP contribution in [0, 0.1) is 0 Å². The fraction of sp³-hybridized carbons (Fsp3) is 0.444. The fourth-order valence-electron chi connectivity index (χ4n) is 1.71. The van der Waals surface area contributed by atoms with Gasteiger partial charge in [0, 0.05) is 0 Å². The Bertz CT molecular complexity index is 728. The number of benzene rings is 1. The van der Waals surface area contributed by atoms with Crippen molar-refractivity contribution in [1.29, 1.82) is 0 Å². The molecule has 0 atom stereocenters. The zero-order chi connectivity index (χ0) is 21.9. The normalized spacial score (nSPS) is 11.6. The number of carboxylic acid groups (broad SMARTS) is 2. The lowest BCUT2D eigenvalue weighted by atomic mass is 9.98. The van der Waals surface area contributed by atoms with E-state index in [9.17, 15) is 29.4 Å². The van der Waals surface area contributed by atoms with E-state index in [1.807, 2.05) is 0 Å². The Kier molecular flexibility index (Phi) is 6.89. The predicted molar refractivity (Wildman–Crippen MR) is 92.9 cm³/mol. The van der Waals surface area contributed by atoms with Crippen LogP contribution in [0.4, 0.5) is 0 Å². The highest BCUT2D eigenvalue weighted by atomic mass is 17.2. The summed E-state index contributed by atoms with van der Waals surface area (Å²) in [7, 11) is 0. The zero-order valence-corrected chi connectivity index (χ0v) is 16.3. The van der Waals surface area contributed by atoms with E-state index in [1.165, 1.54) is 0 Å². The molecule has 0 radical (unpaired) electrons. The summed E-state index contributed by atoms with van der Waals surface area (Å²) in [6.07, 6.45) is 0. The summed E-state index contributed by atoms with van der Waals surface area (Å²) < 4.78 is 0. The van der Waals surface area contributed by atoms with Gasteiger partial charge in [-0.2, -0.15) is 9.78 Å². The molecule has 0 bridgehead atoms. The van der Waals surface area contributed by atoms with Gasteiger partial charge in [0.1, 0.15) is 11.2 Å². The first-order chi connectivity index (χ1) is 12.6. The van der Waals surface area contributed by atoms with Gasteiger partial charge in [-0.25, -0.2) is 19.2 Å². The lowest BCUT2D eigenvalue weighted by Crippen LogP contribution is -2.25. The molecule has 28 heavy (non-hydrogen) atoms. The van der Waals surface area contributed by atoms with Crippen LogP contribution >= 0.6 is 0 Å². The molecule has 10 heteroatoms. The molecule has 1 aromatic carbocycles. The molecule has 154 valence electrons. The molecule has 0 amide bonds. The Morgan fingerprint density at radius 3 is 1.14 bits per heavy atom. The molecular weight excluding hydrogens is 376 g/mol. The summed E-state index contributed by atoms with van der Waals surface area (Å²) in [5.74, 6) is -5.66. The van der Waals surface area contributed by atoms with Gasteiger partial charge < -0.3 is 10.2 Å². The fourth-order valence-corrected chi connectivity index (χ4v) is 1.71. The van der Waals surface area contributed by atoms with Crippen molar-refractivity contribution in [3.05, 3.63) is 34.4 Å². The van der Waals surface area contributed by atoms with Crippen molar-refractivity contribution in [2.24, 2.45) is 0 Å². The maximum Gasteiger partial charge on any atom is 0.374 e. The minimum atomic E-state index is -1.59. The van der Waals surface area contributed by atoms with E-state index in [2.05, 4.69) is 9.78 Å². The molecule has 0 heterocycles. The summed E-state index contributed by atoms with van der Waals surface area (Å²) >= 11 is 0. The van der Waals surface area contributed by atoms with E-state index in [1.54, 1.807) is 41.5 Å². The molecule has 10 nitrogen and oxygen atoms in total. The van der Waals surface area contributed by atoms with E-state index in [-0.39, 0.29) is 0 Å². The van der Waals surface area contributed by atoms with E-state index in [4.69, 9.17) is 9.78 Å². The number of carbonyl (C=O) groups is 4. The molecular formula is C18H22O10. The standard InChI is InChI=1S/C18H22O10/c1-17(2,3)27-25-15(23)11-7-10(14(21)22)12(8-9(11)13(19)20)16(24)26-28-18(4,5)6/h7-8H,1-6H3,(H,19,20)(H,21,22). The van der Waals surface area contributed by atoms with Gasteiger partial charge in [0.05, 0.1) is 22.3 Å². The monoisotopic (exact) mass is 398 g/mol. The van der Waals surface area contributed by atoms with Crippen molar-refractivity contribution < 1.29 is 48.9 Å². The van der Waals surface area contributed by atoms with Gasteiger partial charge in [0.25, 0.3) is 0 Å². The average molecular weight is 398 g/mol. The summed E-state index contributed by atoms with van der Waals surface area (Å²) in [5, 5.41) is 18.7. The lowest BCUT2D eigenvalue weighted by Gasteiger charge is -2.18. The number of hydrogen-bond donors (Lipinski definition) is 2. The van der Waals surface area contributed by atoms with Crippen LogP contribution in [0.25, 0.3) is 0 Å². The highest BCUT2D eigenvalue weighted by molar-refractivity contribution is 6.09. The number of hydrogen-bond acceptors (Lipinski definition) is 8. The summed E-state index contributed by atoms with van der Waals surface area (Å²) in [6.45, 7) is 9.47. The lowest BCUT2D eigenvalue weighted by molar-refractivity contribution is -0.301. The Morgan fingerprint density at radius 1 is 0.643 bits per heavy atom. The van der Waals surface area contributed by atoms with Crippen LogP contribution < -0.4 is 0 Å². The number of carboxylic acids is 2. The highest BCUT2D eigenvalue weighted by Gasteiger charge is 2.29. The molecule has 1 rings (SSSR count). The van der Waals surface area contributed by atoms with Crippen LogP contribution in [0.5, 0.6) is 0 Å². The number of carbonyl (C=O) groups excluding carboxylic acids is 2. The molecule has 0 spiro atoms. The summed E-state index contributed by atoms with van der Waals surface area (Å²) in [6, 6.07) is 1.40. The van der Waals surface area contributed by atoms with Crippen LogP contribution in [0.15, 0.2) is 12.1 Å². The molecule has 0 unspecified atom stereocenters. The average Bonchev–Trinajstić information content (AvgIpc) is 2.54. The van der Waals surface area contributed by atoms with Crippen molar-refractivity contribution >= 4 is 23.9 Å². The van der Waals surface area contributed by atoms with Gasteiger partial charge in [0.2, 0.25) is 0 Å². The quantitative estimate of drug-likeness (QED) is 0.541. The number of aromatic carboxylic acids is 2. The van der Waals surface area contributed by atoms with E-state index in [0.29, 0.717) is 12.1 Å². The van der Waals surface area contributed by atoms with Crippen molar-refractivity contribution in [1.82, 2.24) is 0 Å². The molecule has 1 aromatic rings. The zero-order valence-electron chi connectivity index (χ0n) is 16.3. The van der Waals surface area contributed by atoms with Crippen molar-refractivity contribution in [3.63, 3.8) is 0 Å². The topological polar surface area (TPSA) is 146 Å². The minimum absolute atomic E-state index is 0.609. The third-order valence-corrected chi connectivity index (χ3v) is 2.79. The molecule has 2 N–H and O–H groups in total. The summed E-state index contributed by atoms with van der Waals surface area (Å²) in [4.78, 5) is 66.2. The molecule has 0 aliphatic heterocycles. The summed E-state index contributed by atoms with van der Waals surface area (Å²) in [5.41, 5.74) is -4.33. The number of rotatable bonds is 6. The van der Waals surface area contributed by atoms with Gasteiger partial charge in [-0.15, -0.1) is 0 Å². The molecule has 0 saturated heterocycles. The molecule has 0 aliphatic carbocycles. The van der Waals surface area contributed by atoms with Crippen molar-refractivity contribution in [2.75, 3.05) is 0 Å². The van der Waals surface area contributed by atoms with Crippen LogP contribution in [-0.4, -0.2) is 45.3 Å². The highest BCUT2D eigenvalue weighted by Crippen LogP contribution is 2.22. The van der Waals surface area contributed by atoms with Crippen LogP contribution in [-0.2, 0) is 19.6 Å². The third-order valence-electron chi connectivity index (χ3n) is 2.79. The van der Waals surface area contributed by atoms with E-state index in [0.717, 1.165) is 0 Å². The second-order valence-corrected chi connectivity index (χ2v) is 7.69. The first-order valence-corrected chi connectivity index (χ1v) is 8.07. The second-order valence-electron chi connectivity index (χ2n) is 7.69. The van der Waals surface area contributed by atoms with E-state index < -0.39 is 57.3 Å². The largest absolute Gasteiger partial charge is 0.478 e. The van der Waals surface area contributed by atoms with Crippen LogP contribution in [0.3, 0.4) is 0 Å². The SMILES string of the molecule is CC(C)(C)OOC(=O)c1cc(C(=O)O)c(C(=O)OOC(C)(C)C)cc1C(=O)O. The first-order valence-electron chi connectivity index (χ1n) is 8.07. The predicted octanol–water partition coefficient (Wildman–Crippen LogP) is 2.86. The molecule has 0 fully saturated rings. The maximum atomic E-state index is 12.2.